The highest BCUT2D eigenvalue weighted by Crippen LogP contribution is 2.24. The number of hydrogen-bond donors (Lipinski definition) is 1. The van der Waals surface area contributed by atoms with Crippen LogP contribution in [0.4, 0.5) is 0 Å². The second-order valence-electron chi connectivity index (χ2n) is 3.66. The second-order valence-corrected chi connectivity index (χ2v) is 5.21. The Morgan fingerprint density at radius 1 is 1.57 bits per heavy atom. The van der Waals surface area contributed by atoms with Crippen molar-refractivity contribution < 1.29 is 0 Å². The van der Waals surface area contributed by atoms with E-state index in [1.165, 1.54) is 5.56 Å². The number of nitrogens with zero attached hydrogens (tertiary/aromatic N) is 1. The Bertz CT molecular complexity index is 273. The van der Waals surface area contributed by atoms with E-state index in [0.717, 1.165) is 17.4 Å². The first kappa shape index (κ1) is 12.0. The summed E-state index contributed by atoms with van der Waals surface area (Å²) >= 11 is 7.46. The average Bonchev–Trinajstić information content (AvgIpc) is 2.51. The van der Waals surface area contributed by atoms with Gasteiger partial charge in [0.1, 0.15) is 0 Å². The lowest BCUT2D eigenvalue weighted by molar-refractivity contribution is 0.389. The van der Waals surface area contributed by atoms with E-state index in [1.807, 2.05) is 6.07 Å². The summed E-state index contributed by atoms with van der Waals surface area (Å²) in [6, 6.07) is 2.42. The van der Waals surface area contributed by atoms with Crippen molar-refractivity contribution >= 4 is 22.9 Å². The van der Waals surface area contributed by atoms with Gasteiger partial charge < -0.3 is 10.2 Å². The molecule has 0 saturated carbocycles. The third-order valence-corrected chi connectivity index (χ3v) is 3.21. The first-order chi connectivity index (χ1) is 6.59. The Morgan fingerprint density at radius 3 is 2.79 bits per heavy atom. The molecule has 80 valence electrons. The van der Waals surface area contributed by atoms with Crippen LogP contribution in [0.1, 0.15) is 18.5 Å². The maximum absolute atomic E-state index is 5.87. The lowest BCUT2D eigenvalue weighted by Crippen LogP contribution is -2.28. The lowest BCUT2D eigenvalue weighted by atomic mass is 10.2. The lowest BCUT2D eigenvalue weighted by Gasteiger charge is -2.15. The summed E-state index contributed by atoms with van der Waals surface area (Å²) in [6.07, 6.45) is 0. The molecule has 0 fully saturated rings. The van der Waals surface area contributed by atoms with Crippen LogP contribution in [0.3, 0.4) is 0 Å². The van der Waals surface area contributed by atoms with Crippen LogP contribution < -0.4 is 5.32 Å². The molecule has 14 heavy (non-hydrogen) atoms. The maximum Gasteiger partial charge on any atom is 0.0931 e. The third kappa shape index (κ3) is 3.96. The fourth-order valence-corrected chi connectivity index (χ4v) is 2.16. The van der Waals surface area contributed by atoms with Gasteiger partial charge in [0.2, 0.25) is 0 Å². The monoisotopic (exact) mass is 232 g/mol. The van der Waals surface area contributed by atoms with Gasteiger partial charge in [-0.3, -0.25) is 0 Å². The number of likely N-dealkylation sites (N-methyl/N-ethyl adjacent to an activating group) is 1. The Balaban J connectivity index is 2.32. The average molecular weight is 233 g/mol. The van der Waals surface area contributed by atoms with Gasteiger partial charge in [-0.25, -0.2) is 0 Å². The molecule has 0 saturated heterocycles. The van der Waals surface area contributed by atoms with Gasteiger partial charge in [-0.1, -0.05) is 11.6 Å². The van der Waals surface area contributed by atoms with Gasteiger partial charge in [0, 0.05) is 19.1 Å². The summed E-state index contributed by atoms with van der Waals surface area (Å²) < 4.78 is 0.862. The van der Waals surface area contributed by atoms with E-state index in [9.17, 15) is 0 Å². The van der Waals surface area contributed by atoms with Crippen molar-refractivity contribution in [2.75, 3.05) is 27.2 Å². The molecule has 0 aliphatic heterocycles. The number of thiophene rings is 1. The molecule has 1 aromatic rings. The van der Waals surface area contributed by atoms with Crippen LogP contribution in [-0.4, -0.2) is 32.1 Å². The van der Waals surface area contributed by atoms with Crippen LogP contribution in [0.5, 0.6) is 0 Å². The molecular weight excluding hydrogens is 216 g/mol. The number of halogens is 1. The highest BCUT2D eigenvalue weighted by atomic mass is 35.5. The minimum absolute atomic E-state index is 0.388. The smallest absolute Gasteiger partial charge is 0.0931 e. The summed E-state index contributed by atoms with van der Waals surface area (Å²) in [7, 11) is 4.15. The van der Waals surface area contributed by atoms with E-state index in [-0.39, 0.29) is 0 Å². The SMILES string of the molecule is CC(NCCN(C)C)c1csc(Cl)c1. The number of rotatable bonds is 5. The van der Waals surface area contributed by atoms with Crippen LogP contribution >= 0.6 is 22.9 Å². The predicted octanol–water partition coefficient (Wildman–Crippen LogP) is 2.61. The zero-order valence-corrected chi connectivity index (χ0v) is 10.5. The fourth-order valence-electron chi connectivity index (χ4n) is 1.17. The summed E-state index contributed by atoms with van der Waals surface area (Å²) in [6.45, 7) is 4.22. The molecule has 1 atom stereocenters. The summed E-state index contributed by atoms with van der Waals surface area (Å²) in [5.74, 6) is 0. The molecule has 1 heterocycles. The minimum atomic E-state index is 0.388. The van der Waals surface area contributed by atoms with Gasteiger partial charge in [-0.2, -0.15) is 0 Å². The van der Waals surface area contributed by atoms with Crippen molar-refractivity contribution in [3.63, 3.8) is 0 Å². The zero-order chi connectivity index (χ0) is 10.6. The summed E-state index contributed by atoms with van der Waals surface area (Å²) in [5.41, 5.74) is 1.28. The minimum Gasteiger partial charge on any atom is -0.309 e. The van der Waals surface area contributed by atoms with Crippen LogP contribution in [0.25, 0.3) is 0 Å². The molecule has 0 aliphatic rings. The standard InChI is InChI=1S/C10H17ClN2S/c1-8(12-4-5-13(2)3)9-6-10(11)14-7-9/h6-8,12H,4-5H2,1-3H3. The topological polar surface area (TPSA) is 15.3 Å². The van der Waals surface area contributed by atoms with E-state index in [4.69, 9.17) is 11.6 Å². The Morgan fingerprint density at radius 2 is 2.29 bits per heavy atom. The molecule has 1 unspecified atom stereocenters. The van der Waals surface area contributed by atoms with Crippen molar-refractivity contribution in [2.45, 2.75) is 13.0 Å². The normalized spacial score (nSPS) is 13.5. The third-order valence-electron chi connectivity index (χ3n) is 2.10. The van der Waals surface area contributed by atoms with E-state index >= 15 is 0 Å². The molecular formula is C10H17ClN2S. The molecule has 0 radical (unpaired) electrons. The van der Waals surface area contributed by atoms with Gasteiger partial charge in [0.15, 0.2) is 0 Å². The first-order valence-electron chi connectivity index (χ1n) is 4.71. The quantitative estimate of drug-likeness (QED) is 0.840. The Kier molecular flexibility index (Phi) is 4.89. The van der Waals surface area contributed by atoms with Gasteiger partial charge in [-0.05, 0) is 38.0 Å². The van der Waals surface area contributed by atoms with E-state index < -0.39 is 0 Å². The van der Waals surface area contributed by atoms with E-state index in [2.05, 4.69) is 36.6 Å². The van der Waals surface area contributed by atoms with Gasteiger partial charge in [0.25, 0.3) is 0 Å². The second kappa shape index (κ2) is 5.71. The molecule has 0 aliphatic carbocycles. The predicted molar refractivity (Wildman–Crippen MR) is 64.3 cm³/mol. The van der Waals surface area contributed by atoms with Crippen LogP contribution in [-0.2, 0) is 0 Å². The summed E-state index contributed by atoms with van der Waals surface area (Å²) in [5, 5.41) is 5.56. The van der Waals surface area contributed by atoms with Gasteiger partial charge >= 0.3 is 0 Å². The van der Waals surface area contributed by atoms with E-state index in [1.54, 1.807) is 11.3 Å². The highest BCUT2D eigenvalue weighted by molar-refractivity contribution is 7.14. The fraction of sp³-hybridized carbons (Fsp3) is 0.600. The Labute approximate surface area is 94.9 Å². The molecule has 4 heteroatoms. The molecule has 2 nitrogen and oxygen atoms in total. The van der Waals surface area contributed by atoms with Crippen molar-refractivity contribution in [3.05, 3.63) is 21.3 Å². The maximum atomic E-state index is 5.87. The van der Waals surface area contributed by atoms with Crippen LogP contribution in [0.2, 0.25) is 4.34 Å². The number of nitrogens with one attached hydrogen (secondary N) is 1. The van der Waals surface area contributed by atoms with Crippen molar-refractivity contribution in [1.29, 1.82) is 0 Å². The molecule has 0 aromatic carbocycles. The summed E-state index contributed by atoms with van der Waals surface area (Å²) in [4.78, 5) is 2.17. The van der Waals surface area contributed by atoms with Crippen LogP contribution in [0.15, 0.2) is 11.4 Å². The molecule has 0 bridgehead atoms. The van der Waals surface area contributed by atoms with Gasteiger partial charge in [-0.15, -0.1) is 11.3 Å². The number of hydrogen-bond acceptors (Lipinski definition) is 3. The molecule has 1 aromatic heterocycles. The zero-order valence-electron chi connectivity index (χ0n) is 8.88. The Hall–Kier alpha value is -0.0900. The largest absolute Gasteiger partial charge is 0.309 e. The molecule has 0 amide bonds. The molecule has 1 rings (SSSR count). The van der Waals surface area contributed by atoms with Crippen molar-refractivity contribution in [3.8, 4) is 0 Å². The van der Waals surface area contributed by atoms with Crippen molar-refractivity contribution in [1.82, 2.24) is 10.2 Å². The molecule has 0 spiro atoms. The van der Waals surface area contributed by atoms with E-state index in [0.29, 0.717) is 6.04 Å². The van der Waals surface area contributed by atoms with Gasteiger partial charge in [0.05, 0.1) is 4.34 Å². The highest BCUT2D eigenvalue weighted by Gasteiger charge is 2.06. The molecule has 1 N–H and O–H groups in total. The van der Waals surface area contributed by atoms with Crippen molar-refractivity contribution in [2.24, 2.45) is 0 Å². The first-order valence-corrected chi connectivity index (χ1v) is 5.97. The van der Waals surface area contributed by atoms with Crippen LogP contribution in [0, 0.1) is 0 Å².